The number of anilines is 2. The Bertz CT molecular complexity index is 2540. The van der Waals surface area contributed by atoms with Crippen molar-refractivity contribution < 1.29 is 68.2 Å². The van der Waals surface area contributed by atoms with E-state index < -0.39 is 35.8 Å². The molecule has 6 heterocycles. The highest BCUT2D eigenvalue weighted by molar-refractivity contribution is 5.90. The minimum absolute atomic E-state index is 0.467. The molecule has 384 valence electrons. The topological polar surface area (TPSA) is 334 Å². The second kappa shape index (κ2) is 29.5. The molecule has 2 fully saturated rings. The third-order valence-electron chi connectivity index (χ3n) is 10.5. The summed E-state index contributed by atoms with van der Waals surface area (Å²) >= 11 is 0. The third kappa shape index (κ3) is 20.6. The summed E-state index contributed by atoms with van der Waals surface area (Å²) < 4.78 is 16.0. The number of aliphatic carboxylic acids is 6. The highest BCUT2D eigenvalue weighted by Crippen LogP contribution is 2.25. The average Bonchev–Trinajstić information content (AvgIpc) is 4.01. The van der Waals surface area contributed by atoms with Gasteiger partial charge in [0.25, 0.3) is 0 Å². The maximum atomic E-state index is 9.55. The first-order valence-corrected chi connectivity index (χ1v) is 22.8. The summed E-state index contributed by atoms with van der Waals surface area (Å²) in [4.78, 5) is 67.0. The number of nitrogens with one attached hydrogen (secondary N) is 4. The number of rotatable bonds is 14. The SMILES string of the molecule is Cc1ccc(Cn2c(NC3CCCNCC3)nc3ccccc32)o1.Cc1ccc(Cn2c(NC3CCCNCC3)nc3ccccc32)o1.O=C(O)C=CC(=O)O.O=C(O)C=CC(=O)O.O=C(O)C=CC(=O)O. The number of furan rings is 2. The largest absolute Gasteiger partial charge is 0.478 e. The van der Waals surface area contributed by atoms with Gasteiger partial charge in [-0.15, -0.1) is 0 Å². The van der Waals surface area contributed by atoms with Crippen molar-refractivity contribution in [2.24, 2.45) is 0 Å². The lowest BCUT2D eigenvalue weighted by Gasteiger charge is -2.17. The van der Waals surface area contributed by atoms with Crippen LogP contribution >= 0.6 is 0 Å². The predicted octanol–water partition coefficient (Wildman–Crippen LogP) is 6.22. The molecular weight excluding hydrogens is 937 g/mol. The quantitative estimate of drug-likeness (QED) is 0.0542. The number of aryl methyl sites for hydroxylation is 2. The molecule has 0 radical (unpaired) electrons. The Labute approximate surface area is 413 Å². The maximum absolute atomic E-state index is 9.55. The van der Waals surface area contributed by atoms with Crippen LogP contribution in [0.1, 0.15) is 61.6 Å². The fourth-order valence-electron chi connectivity index (χ4n) is 7.26. The van der Waals surface area contributed by atoms with Crippen molar-refractivity contribution in [1.82, 2.24) is 29.7 Å². The Morgan fingerprint density at radius 3 is 1.15 bits per heavy atom. The summed E-state index contributed by atoms with van der Waals surface area (Å²) in [6.45, 7) is 9.70. The molecule has 2 aliphatic heterocycles. The van der Waals surface area contributed by atoms with E-state index in [2.05, 4.69) is 66.8 Å². The van der Waals surface area contributed by atoms with Gasteiger partial charge in [0.15, 0.2) is 0 Å². The van der Waals surface area contributed by atoms with Crippen LogP contribution in [0.15, 0.2) is 118 Å². The number of fused-ring (bicyclic) bond motifs is 2. The zero-order valence-corrected chi connectivity index (χ0v) is 39.8. The van der Waals surface area contributed by atoms with Gasteiger partial charge in [-0.25, -0.2) is 38.7 Å². The van der Waals surface area contributed by atoms with E-state index in [1.165, 1.54) is 25.7 Å². The fraction of sp³-hybridized carbons (Fsp3) is 0.320. The number of carboxylic acid groups (broad SMARTS) is 6. The number of carbonyl (C=O) groups is 6. The van der Waals surface area contributed by atoms with E-state index in [-0.39, 0.29) is 0 Å². The summed E-state index contributed by atoms with van der Waals surface area (Å²) in [5, 5.41) is 61.2. The molecule has 22 nitrogen and oxygen atoms in total. The van der Waals surface area contributed by atoms with Crippen molar-refractivity contribution in [1.29, 1.82) is 0 Å². The summed E-state index contributed by atoms with van der Waals surface area (Å²) in [7, 11) is 0. The average molecular weight is 997 g/mol. The second-order valence-corrected chi connectivity index (χ2v) is 16.1. The Morgan fingerprint density at radius 2 is 0.847 bits per heavy atom. The van der Waals surface area contributed by atoms with Gasteiger partial charge in [-0.3, -0.25) is 0 Å². The number of carboxylic acids is 6. The molecule has 2 saturated heterocycles. The summed E-state index contributed by atoms with van der Waals surface area (Å²) in [5.41, 5.74) is 4.33. The molecule has 2 aromatic carbocycles. The highest BCUT2D eigenvalue weighted by atomic mass is 16.4. The Morgan fingerprint density at radius 1 is 0.514 bits per heavy atom. The standard InChI is InChI=1S/2C19H24N4O.3C4H4O4/c2*1-14-8-9-16(24-14)13-23-18-7-3-2-6-17(18)22-19(23)21-15-5-4-11-20-12-10-15;3*5-3(6)1-2-4(7)8/h2*2-3,6-9,15,20H,4-5,10-13H2,1H3,(H,21,22);3*1-2H,(H,5,6)(H,7,8). The first-order valence-electron chi connectivity index (χ1n) is 22.8. The molecule has 10 N–H and O–H groups in total. The molecule has 22 heteroatoms. The lowest BCUT2D eigenvalue weighted by atomic mass is 10.1. The van der Waals surface area contributed by atoms with E-state index in [1.54, 1.807) is 0 Å². The van der Waals surface area contributed by atoms with Gasteiger partial charge in [-0.1, -0.05) is 24.3 Å². The first-order chi connectivity index (χ1) is 34.5. The third-order valence-corrected chi connectivity index (χ3v) is 10.5. The van der Waals surface area contributed by atoms with Crippen molar-refractivity contribution >= 4 is 69.8 Å². The van der Waals surface area contributed by atoms with Crippen LogP contribution in [0.3, 0.4) is 0 Å². The maximum Gasteiger partial charge on any atom is 0.328 e. The minimum Gasteiger partial charge on any atom is -0.478 e. The van der Waals surface area contributed by atoms with Crippen molar-refractivity contribution in [3.05, 3.63) is 132 Å². The van der Waals surface area contributed by atoms with Crippen molar-refractivity contribution in [2.75, 3.05) is 36.8 Å². The van der Waals surface area contributed by atoms with Crippen LogP contribution in [-0.2, 0) is 41.9 Å². The molecule has 0 aliphatic carbocycles. The van der Waals surface area contributed by atoms with Crippen LogP contribution in [0.2, 0.25) is 0 Å². The number of hydrogen-bond donors (Lipinski definition) is 10. The van der Waals surface area contributed by atoms with Gasteiger partial charge in [-0.05, 0) is 127 Å². The van der Waals surface area contributed by atoms with E-state index in [0.29, 0.717) is 61.6 Å². The summed E-state index contributed by atoms with van der Waals surface area (Å²) in [5.74, 6) is -1.85. The fourth-order valence-corrected chi connectivity index (χ4v) is 7.26. The molecule has 0 amide bonds. The van der Waals surface area contributed by atoms with Crippen LogP contribution < -0.4 is 21.3 Å². The van der Waals surface area contributed by atoms with Crippen molar-refractivity contribution in [2.45, 2.75) is 77.5 Å². The van der Waals surface area contributed by atoms with Crippen LogP contribution in [0.4, 0.5) is 11.9 Å². The molecule has 0 saturated carbocycles. The zero-order chi connectivity index (χ0) is 52.4. The smallest absolute Gasteiger partial charge is 0.328 e. The normalized spacial score (nSPS) is 15.6. The van der Waals surface area contributed by atoms with Crippen LogP contribution in [0.5, 0.6) is 0 Å². The van der Waals surface area contributed by atoms with E-state index in [9.17, 15) is 28.8 Å². The number of aromatic nitrogens is 4. The van der Waals surface area contributed by atoms with Crippen LogP contribution in [0, 0.1) is 13.8 Å². The lowest BCUT2D eigenvalue weighted by molar-refractivity contribution is -0.134. The van der Waals surface area contributed by atoms with Gasteiger partial charge in [-0.2, -0.15) is 0 Å². The molecule has 0 bridgehead atoms. The van der Waals surface area contributed by atoms with Gasteiger partial charge in [0.1, 0.15) is 23.0 Å². The van der Waals surface area contributed by atoms with E-state index in [1.807, 2.05) is 50.2 Å². The van der Waals surface area contributed by atoms with E-state index in [4.69, 9.17) is 49.4 Å². The van der Waals surface area contributed by atoms with Gasteiger partial charge in [0.05, 0.1) is 35.2 Å². The molecule has 6 aromatic rings. The molecule has 72 heavy (non-hydrogen) atoms. The Hall–Kier alpha value is -8.50. The minimum atomic E-state index is -1.26. The molecule has 2 unspecified atom stereocenters. The monoisotopic (exact) mass is 996 g/mol. The summed E-state index contributed by atoms with van der Waals surface area (Å²) in [6.07, 6.45) is 10.4. The molecule has 8 rings (SSSR count). The Kier molecular flexibility index (Phi) is 23.0. The lowest BCUT2D eigenvalue weighted by Crippen LogP contribution is -2.23. The number of imidazole rings is 2. The Balaban J connectivity index is 0.000000218. The van der Waals surface area contributed by atoms with Crippen molar-refractivity contribution in [3.8, 4) is 0 Å². The number of para-hydroxylation sites is 4. The molecule has 0 spiro atoms. The molecule has 4 aromatic heterocycles. The number of nitrogens with zero attached hydrogens (tertiary/aromatic N) is 4. The van der Waals surface area contributed by atoms with E-state index >= 15 is 0 Å². The van der Waals surface area contributed by atoms with Gasteiger partial charge >= 0.3 is 35.8 Å². The van der Waals surface area contributed by atoms with Gasteiger partial charge < -0.3 is 69.9 Å². The molecule has 2 aliphatic rings. The van der Waals surface area contributed by atoms with Crippen LogP contribution in [-0.4, -0.2) is 124 Å². The van der Waals surface area contributed by atoms with Gasteiger partial charge in [0.2, 0.25) is 11.9 Å². The van der Waals surface area contributed by atoms with Crippen LogP contribution in [0.25, 0.3) is 22.1 Å². The summed E-state index contributed by atoms with van der Waals surface area (Å²) in [6, 6.07) is 25.6. The highest BCUT2D eigenvalue weighted by Gasteiger charge is 2.19. The second-order valence-electron chi connectivity index (χ2n) is 16.1. The van der Waals surface area contributed by atoms with Gasteiger partial charge in [0, 0.05) is 48.5 Å². The first kappa shape index (κ1) is 56.1. The number of hydrogen-bond acceptors (Lipinski definition) is 14. The molecule has 2 atom stereocenters. The zero-order valence-electron chi connectivity index (χ0n) is 39.8. The molecular formula is C50H60N8O14. The van der Waals surface area contributed by atoms with E-state index in [0.717, 1.165) is 96.0 Å². The number of benzene rings is 2. The van der Waals surface area contributed by atoms with Crippen molar-refractivity contribution in [3.63, 3.8) is 0 Å². The predicted molar refractivity (Wildman–Crippen MR) is 266 cm³/mol.